The summed E-state index contributed by atoms with van der Waals surface area (Å²) in [6, 6.07) is 33.3. The number of hydrogen-bond acceptors (Lipinski definition) is 6. The molecule has 1 aliphatic heterocycles. The molecule has 0 fully saturated rings. The molecule has 41 heavy (non-hydrogen) atoms. The number of carbonyl (C=O) groups is 1. The van der Waals surface area contributed by atoms with Gasteiger partial charge in [-0.25, -0.2) is 4.79 Å². The Morgan fingerprint density at radius 1 is 0.707 bits per heavy atom. The van der Waals surface area contributed by atoms with E-state index in [1.54, 1.807) is 14.2 Å². The number of benzene rings is 5. The van der Waals surface area contributed by atoms with Crippen LogP contribution in [0.4, 0.5) is 11.4 Å². The minimum atomic E-state index is -0.990. The van der Waals surface area contributed by atoms with Gasteiger partial charge in [-0.2, -0.15) is 0 Å². The van der Waals surface area contributed by atoms with E-state index in [0.717, 1.165) is 39.1 Å². The SMILES string of the molecule is COC(=O)c1c2c(c3ccccc3c1Nc1ccccc1)OC(c1ccc(OC)cc1)(c1ccc(OC)cc1)C=C2. The minimum Gasteiger partial charge on any atom is -0.497 e. The molecular formula is C35H29NO5. The van der Waals surface area contributed by atoms with Crippen LogP contribution in [0.5, 0.6) is 17.2 Å². The zero-order valence-corrected chi connectivity index (χ0v) is 23.0. The molecule has 0 saturated carbocycles. The lowest BCUT2D eigenvalue weighted by Crippen LogP contribution is -2.34. The maximum Gasteiger partial charge on any atom is 0.340 e. The van der Waals surface area contributed by atoms with Gasteiger partial charge in [0.25, 0.3) is 0 Å². The first-order valence-electron chi connectivity index (χ1n) is 13.2. The maximum absolute atomic E-state index is 13.4. The summed E-state index contributed by atoms with van der Waals surface area (Å²) in [6.07, 6.45) is 3.95. The number of para-hydroxylation sites is 1. The van der Waals surface area contributed by atoms with Crippen molar-refractivity contribution in [3.05, 3.63) is 131 Å². The molecule has 1 N–H and O–H groups in total. The van der Waals surface area contributed by atoms with Gasteiger partial charge in [0.15, 0.2) is 5.60 Å². The van der Waals surface area contributed by atoms with Crippen LogP contribution in [0.2, 0.25) is 0 Å². The Kier molecular flexibility index (Phi) is 6.81. The summed E-state index contributed by atoms with van der Waals surface area (Å²) in [5, 5.41) is 5.17. The third-order valence-electron chi connectivity index (χ3n) is 7.42. The average Bonchev–Trinajstić information content (AvgIpc) is 3.05. The van der Waals surface area contributed by atoms with Crippen LogP contribution in [0, 0.1) is 0 Å². The van der Waals surface area contributed by atoms with Gasteiger partial charge in [0.1, 0.15) is 17.2 Å². The molecule has 0 amide bonds. The third-order valence-corrected chi connectivity index (χ3v) is 7.42. The summed E-state index contributed by atoms with van der Waals surface area (Å²) in [4.78, 5) is 13.4. The van der Waals surface area contributed by atoms with Crippen LogP contribution in [-0.2, 0) is 10.3 Å². The van der Waals surface area contributed by atoms with E-state index in [4.69, 9.17) is 18.9 Å². The van der Waals surface area contributed by atoms with E-state index in [2.05, 4.69) is 5.32 Å². The maximum atomic E-state index is 13.4. The van der Waals surface area contributed by atoms with Crippen LogP contribution in [0.1, 0.15) is 27.0 Å². The molecule has 6 nitrogen and oxygen atoms in total. The standard InChI is InChI=1S/C35H29NO5/c1-38-26-17-13-23(14-18-26)35(24-15-19-27(39-2)20-16-24)22-21-30-31(34(37)40-3)32(36-25-9-5-4-6-10-25)28-11-7-8-12-29(28)33(30)41-35/h4-22,36H,1-3H3. The van der Waals surface area contributed by atoms with E-state index in [0.29, 0.717) is 22.6 Å². The molecule has 5 aromatic carbocycles. The highest BCUT2D eigenvalue weighted by atomic mass is 16.5. The van der Waals surface area contributed by atoms with Crippen molar-refractivity contribution in [3.8, 4) is 17.2 Å². The van der Waals surface area contributed by atoms with Crippen molar-refractivity contribution >= 4 is 34.2 Å². The topological polar surface area (TPSA) is 66.0 Å². The highest BCUT2D eigenvalue weighted by Gasteiger charge is 2.40. The molecule has 204 valence electrons. The first-order valence-corrected chi connectivity index (χ1v) is 13.2. The molecule has 0 unspecified atom stereocenters. The van der Waals surface area contributed by atoms with Crippen molar-refractivity contribution in [3.63, 3.8) is 0 Å². The molecule has 0 aromatic heterocycles. The highest BCUT2D eigenvalue weighted by molar-refractivity contribution is 6.13. The quantitative estimate of drug-likeness (QED) is 0.212. The van der Waals surface area contributed by atoms with Crippen molar-refractivity contribution in [2.45, 2.75) is 5.60 Å². The Morgan fingerprint density at radius 3 is 1.83 bits per heavy atom. The molecule has 0 saturated heterocycles. The molecule has 5 aromatic rings. The monoisotopic (exact) mass is 543 g/mol. The first-order chi connectivity index (χ1) is 20.1. The predicted molar refractivity (Wildman–Crippen MR) is 161 cm³/mol. The minimum absolute atomic E-state index is 0.402. The molecule has 6 heteroatoms. The number of nitrogens with one attached hydrogen (secondary N) is 1. The van der Waals surface area contributed by atoms with Gasteiger partial charge < -0.3 is 24.3 Å². The van der Waals surface area contributed by atoms with E-state index in [-0.39, 0.29) is 0 Å². The van der Waals surface area contributed by atoms with Gasteiger partial charge in [0.2, 0.25) is 0 Å². The number of ether oxygens (including phenoxy) is 4. The number of esters is 1. The normalized spacial score (nSPS) is 13.1. The van der Waals surface area contributed by atoms with Crippen LogP contribution in [-0.4, -0.2) is 27.3 Å². The summed E-state index contributed by atoms with van der Waals surface area (Å²) in [6.45, 7) is 0. The summed E-state index contributed by atoms with van der Waals surface area (Å²) in [7, 11) is 4.68. The van der Waals surface area contributed by atoms with Crippen molar-refractivity contribution in [2.24, 2.45) is 0 Å². The van der Waals surface area contributed by atoms with Crippen LogP contribution in [0.3, 0.4) is 0 Å². The lowest BCUT2D eigenvalue weighted by atomic mass is 9.82. The molecule has 1 aliphatic rings. The fraction of sp³-hybridized carbons (Fsp3) is 0.114. The summed E-state index contributed by atoms with van der Waals surface area (Å²) in [5.41, 5.74) is 3.38. The molecule has 0 radical (unpaired) electrons. The molecule has 6 rings (SSSR count). The molecule has 0 bridgehead atoms. The van der Waals surface area contributed by atoms with Gasteiger partial charge in [-0.15, -0.1) is 0 Å². The lowest BCUT2D eigenvalue weighted by Gasteiger charge is -2.37. The van der Waals surface area contributed by atoms with E-state index in [1.807, 2.05) is 115 Å². The largest absolute Gasteiger partial charge is 0.497 e. The van der Waals surface area contributed by atoms with Crippen molar-refractivity contribution < 1.29 is 23.7 Å². The van der Waals surface area contributed by atoms with Crippen LogP contribution >= 0.6 is 0 Å². The lowest BCUT2D eigenvalue weighted by molar-refractivity contribution is 0.0600. The van der Waals surface area contributed by atoms with E-state index in [1.165, 1.54) is 7.11 Å². The van der Waals surface area contributed by atoms with Crippen LogP contribution in [0.15, 0.2) is 109 Å². The van der Waals surface area contributed by atoms with Crippen molar-refractivity contribution in [1.29, 1.82) is 0 Å². The van der Waals surface area contributed by atoms with E-state index < -0.39 is 11.6 Å². The Hall–Kier alpha value is -5.23. The molecular weight excluding hydrogens is 514 g/mol. The van der Waals surface area contributed by atoms with Crippen LogP contribution in [0.25, 0.3) is 16.8 Å². The Bertz CT molecular complexity index is 1700. The number of fused-ring (bicyclic) bond motifs is 3. The highest BCUT2D eigenvalue weighted by Crippen LogP contribution is 2.49. The summed E-state index contributed by atoms with van der Waals surface area (Å²) in [5.74, 6) is 1.62. The zero-order valence-electron chi connectivity index (χ0n) is 23.0. The Morgan fingerprint density at radius 2 is 1.27 bits per heavy atom. The molecule has 0 atom stereocenters. The number of hydrogen-bond donors (Lipinski definition) is 1. The van der Waals surface area contributed by atoms with E-state index in [9.17, 15) is 4.79 Å². The third kappa shape index (κ3) is 4.53. The smallest absolute Gasteiger partial charge is 0.340 e. The molecule has 1 heterocycles. The second-order valence-corrected chi connectivity index (χ2v) is 9.65. The first kappa shape index (κ1) is 26.0. The molecule has 0 aliphatic carbocycles. The van der Waals surface area contributed by atoms with E-state index >= 15 is 0 Å². The van der Waals surface area contributed by atoms with Gasteiger partial charge in [0, 0.05) is 33.2 Å². The van der Waals surface area contributed by atoms with Crippen LogP contribution < -0.4 is 19.5 Å². The summed E-state index contributed by atoms with van der Waals surface area (Å²) < 4.78 is 23.2. The zero-order chi connectivity index (χ0) is 28.4. The number of methoxy groups -OCH3 is 3. The van der Waals surface area contributed by atoms with Crippen molar-refractivity contribution in [1.82, 2.24) is 0 Å². The number of anilines is 2. The van der Waals surface area contributed by atoms with Crippen molar-refractivity contribution in [2.75, 3.05) is 26.6 Å². The summed E-state index contributed by atoms with van der Waals surface area (Å²) >= 11 is 0. The molecule has 0 spiro atoms. The van der Waals surface area contributed by atoms with Gasteiger partial charge in [-0.3, -0.25) is 0 Å². The number of carbonyl (C=O) groups excluding carboxylic acids is 1. The van der Waals surface area contributed by atoms with Gasteiger partial charge >= 0.3 is 5.97 Å². The van der Waals surface area contributed by atoms with Gasteiger partial charge in [-0.1, -0.05) is 66.7 Å². The average molecular weight is 544 g/mol. The number of rotatable bonds is 7. The second-order valence-electron chi connectivity index (χ2n) is 9.65. The second kappa shape index (κ2) is 10.7. The Balaban J connectivity index is 1.62. The fourth-order valence-electron chi connectivity index (χ4n) is 5.36. The predicted octanol–water partition coefficient (Wildman–Crippen LogP) is 7.74. The van der Waals surface area contributed by atoms with Gasteiger partial charge in [-0.05, 0) is 48.6 Å². The fourth-order valence-corrected chi connectivity index (χ4v) is 5.36. The Labute approximate surface area is 238 Å². The van der Waals surface area contributed by atoms with Gasteiger partial charge in [0.05, 0.1) is 32.6 Å².